The third-order valence-corrected chi connectivity index (χ3v) is 4.67. The fraction of sp³-hybridized carbons (Fsp3) is 0.217. The van der Waals surface area contributed by atoms with E-state index in [1.54, 1.807) is 0 Å². The SMILES string of the molecule is COc1cc(OC(F)(F)F)ccc1Oc1cnc(C(F)(F)F)c(OC)c1C(=O)Nc1ccnc(C(C)=O)c1. The number of carbonyl (C=O) groups is 2. The number of benzene rings is 1. The molecule has 0 fully saturated rings. The van der Waals surface area contributed by atoms with Gasteiger partial charge in [-0.05, 0) is 24.3 Å². The number of nitrogens with one attached hydrogen (secondary N) is 1. The Labute approximate surface area is 210 Å². The number of carbonyl (C=O) groups excluding carboxylic acids is 2. The zero-order valence-electron chi connectivity index (χ0n) is 19.7. The number of aromatic nitrogens is 2. The Hall–Kier alpha value is -4.56. The van der Waals surface area contributed by atoms with Gasteiger partial charge in [0.05, 0.1) is 20.4 Å². The van der Waals surface area contributed by atoms with Crippen molar-refractivity contribution in [2.75, 3.05) is 19.5 Å². The van der Waals surface area contributed by atoms with Gasteiger partial charge in [0.25, 0.3) is 5.91 Å². The second-order valence-electron chi connectivity index (χ2n) is 7.28. The van der Waals surface area contributed by atoms with Crippen LogP contribution in [0.1, 0.15) is 33.5 Å². The molecule has 1 amide bonds. The first-order chi connectivity index (χ1) is 17.7. The van der Waals surface area contributed by atoms with Crippen molar-refractivity contribution < 1.29 is 54.9 Å². The number of hydrogen-bond acceptors (Lipinski definition) is 8. The number of ketones is 1. The van der Waals surface area contributed by atoms with Crippen LogP contribution in [0.3, 0.4) is 0 Å². The van der Waals surface area contributed by atoms with Crippen LogP contribution in [0.15, 0.2) is 42.7 Å². The zero-order chi connectivity index (χ0) is 28.3. The van der Waals surface area contributed by atoms with E-state index in [9.17, 15) is 35.9 Å². The topological polar surface area (TPSA) is 109 Å². The highest BCUT2D eigenvalue weighted by Gasteiger charge is 2.40. The fourth-order valence-electron chi connectivity index (χ4n) is 3.11. The Bertz CT molecular complexity index is 1360. The second kappa shape index (κ2) is 10.8. The van der Waals surface area contributed by atoms with E-state index in [2.05, 4.69) is 20.0 Å². The summed E-state index contributed by atoms with van der Waals surface area (Å²) < 4.78 is 97.7. The summed E-state index contributed by atoms with van der Waals surface area (Å²) in [6.45, 7) is 1.22. The van der Waals surface area contributed by atoms with Crippen LogP contribution in [-0.2, 0) is 6.18 Å². The van der Waals surface area contributed by atoms with E-state index in [1.807, 2.05) is 0 Å². The molecule has 0 radical (unpaired) electrons. The van der Waals surface area contributed by atoms with Crippen LogP contribution < -0.4 is 24.3 Å². The summed E-state index contributed by atoms with van der Waals surface area (Å²) in [7, 11) is 1.96. The molecule has 38 heavy (non-hydrogen) atoms. The minimum Gasteiger partial charge on any atom is -0.493 e. The number of methoxy groups -OCH3 is 2. The van der Waals surface area contributed by atoms with Crippen molar-refractivity contribution >= 4 is 17.4 Å². The summed E-state index contributed by atoms with van der Waals surface area (Å²) in [6, 6.07) is 5.14. The Morgan fingerprint density at radius 3 is 2.18 bits per heavy atom. The van der Waals surface area contributed by atoms with E-state index < -0.39 is 52.7 Å². The van der Waals surface area contributed by atoms with Gasteiger partial charge >= 0.3 is 12.5 Å². The molecule has 0 atom stereocenters. The van der Waals surface area contributed by atoms with Crippen LogP contribution in [0.5, 0.6) is 28.7 Å². The van der Waals surface area contributed by atoms with Gasteiger partial charge < -0.3 is 24.3 Å². The Kier molecular flexibility index (Phi) is 7.98. The lowest BCUT2D eigenvalue weighted by Crippen LogP contribution is -2.19. The molecule has 0 unspecified atom stereocenters. The molecule has 0 aliphatic heterocycles. The Morgan fingerprint density at radius 2 is 1.61 bits per heavy atom. The minimum atomic E-state index is -5.04. The fourth-order valence-corrected chi connectivity index (χ4v) is 3.11. The molecular weight excluding hydrogens is 528 g/mol. The first-order valence-electron chi connectivity index (χ1n) is 10.3. The zero-order valence-corrected chi connectivity index (χ0v) is 19.7. The highest BCUT2D eigenvalue weighted by Crippen LogP contribution is 2.43. The van der Waals surface area contributed by atoms with Gasteiger partial charge in [-0.15, -0.1) is 13.2 Å². The molecule has 202 valence electrons. The van der Waals surface area contributed by atoms with Crippen molar-refractivity contribution in [2.24, 2.45) is 0 Å². The maximum Gasteiger partial charge on any atom is 0.573 e. The van der Waals surface area contributed by atoms with Gasteiger partial charge in [0.1, 0.15) is 17.0 Å². The summed E-state index contributed by atoms with van der Waals surface area (Å²) >= 11 is 0. The normalized spacial score (nSPS) is 11.5. The van der Waals surface area contributed by atoms with Crippen LogP contribution in [0.2, 0.25) is 0 Å². The molecule has 0 aliphatic carbocycles. The van der Waals surface area contributed by atoms with E-state index in [0.717, 1.165) is 32.4 Å². The van der Waals surface area contributed by atoms with E-state index in [1.165, 1.54) is 25.3 Å². The predicted molar refractivity (Wildman–Crippen MR) is 118 cm³/mol. The summed E-state index contributed by atoms with van der Waals surface area (Å²) in [6.07, 6.45) is -8.25. The third kappa shape index (κ3) is 6.60. The number of pyridine rings is 2. The molecule has 0 saturated heterocycles. The molecule has 9 nitrogen and oxygen atoms in total. The molecule has 3 aromatic rings. The predicted octanol–water partition coefficient (Wildman–Crippen LogP) is 5.66. The molecule has 0 spiro atoms. The lowest BCUT2D eigenvalue weighted by molar-refractivity contribution is -0.274. The lowest BCUT2D eigenvalue weighted by Gasteiger charge is -2.19. The molecule has 1 N–H and O–H groups in total. The quantitative estimate of drug-likeness (QED) is 0.286. The smallest absolute Gasteiger partial charge is 0.493 e. The number of halogens is 6. The Balaban J connectivity index is 2.10. The van der Waals surface area contributed by atoms with Crippen LogP contribution in [-0.4, -0.2) is 42.2 Å². The first-order valence-corrected chi connectivity index (χ1v) is 10.3. The summed E-state index contributed by atoms with van der Waals surface area (Å²) in [4.78, 5) is 31.9. The third-order valence-electron chi connectivity index (χ3n) is 4.67. The van der Waals surface area contributed by atoms with Crippen LogP contribution >= 0.6 is 0 Å². The first kappa shape index (κ1) is 28.0. The molecule has 2 heterocycles. The Morgan fingerprint density at radius 1 is 0.895 bits per heavy atom. The number of ether oxygens (including phenoxy) is 4. The number of anilines is 1. The number of nitrogens with zero attached hydrogens (tertiary/aromatic N) is 2. The van der Waals surface area contributed by atoms with Gasteiger partial charge in [-0.1, -0.05) is 0 Å². The number of rotatable bonds is 8. The molecule has 0 aliphatic rings. The van der Waals surface area contributed by atoms with Gasteiger partial charge in [-0.3, -0.25) is 14.6 Å². The van der Waals surface area contributed by atoms with E-state index >= 15 is 0 Å². The van der Waals surface area contributed by atoms with Crippen molar-refractivity contribution in [3.8, 4) is 28.7 Å². The summed E-state index contributed by atoms with van der Waals surface area (Å²) in [5.74, 6) is -4.40. The molecule has 3 rings (SSSR count). The van der Waals surface area contributed by atoms with Crippen molar-refractivity contribution in [2.45, 2.75) is 19.5 Å². The van der Waals surface area contributed by atoms with Crippen LogP contribution in [0.25, 0.3) is 0 Å². The summed E-state index contributed by atoms with van der Waals surface area (Å²) in [5.41, 5.74) is -2.31. The molecule has 15 heteroatoms. The lowest BCUT2D eigenvalue weighted by atomic mass is 10.1. The van der Waals surface area contributed by atoms with Crippen molar-refractivity contribution in [1.29, 1.82) is 0 Å². The van der Waals surface area contributed by atoms with Crippen molar-refractivity contribution in [3.05, 3.63) is 59.7 Å². The number of alkyl halides is 6. The van der Waals surface area contributed by atoms with E-state index in [4.69, 9.17) is 14.2 Å². The number of Topliss-reactive ketones (excluding diaryl/α,β-unsaturated/α-hetero) is 1. The summed E-state index contributed by atoms with van der Waals surface area (Å²) in [5, 5.41) is 2.33. The minimum absolute atomic E-state index is 0.0137. The largest absolute Gasteiger partial charge is 0.573 e. The van der Waals surface area contributed by atoms with Crippen molar-refractivity contribution in [3.63, 3.8) is 0 Å². The van der Waals surface area contributed by atoms with Crippen LogP contribution in [0.4, 0.5) is 32.0 Å². The van der Waals surface area contributed by atoms with Crippen molar-refractivity contribution in [1.82, 2.24) is 9.97 Å². The highest BCUT2D eigenvalue weighted by atomic mass is 19.4. The standard InChI is InChI=1S/C23H17F6N3O6/c1-11(33)14-8-12(6-7-30-14)32-21(34)18-17(10-31-20(19(18)36-3)22(24,25)26)37-15-5-4-13(9-16(15)35-2)38-23(27,28)29/h4-10H,1-3H3,(H,30,32,34). The highest BCUT2D eigenvalue weighted by molar-refractivity contribution is 6.08. The number of hydrogen-bond donors (Lipinski definition) is 1. The molecule has 0 bridgehead atoms. The number of amides is 1. The van der Waals surface area contributed by atoms with Crippen LogP contribution in [0, 0.1) is 0 Å². The van der Waals surface area contributed by atoms with Gasteiger partial charge in [0.15, 0.2) is 34.5 Å². The molecule has 0 saturated carbocycles. The average molecular weight is 545 g/mol. The van der Waals surface area contributed by atoms with E-state index in [0.29, 0.717) is 6.20 Å². The second-order valence-corrected chi connectivity index (χ2v) is 7.28. The average Bonchev–Trinajstić information content (AvgIpc) is 2.82. The van der Waals surface area contributed by atoms with E-state index in [-0.39, 0.29) is 22.9 Å². The van der Waals surface area contributed by atoms with Gasteiger partial charge in [0, 0.05) is 24.9 Å². The van der Waals surface area contributed by atoms with Gasteiger partial charge in [-0.2, -0.15) is 13.2 Å². The van der Waals surface area contributed by atoms with Gasteiger partial charge in [-0.25, -0.2) is 4.98 Å². The molecular formula is C23H17F6N3O6. The maximum atomic E-state index is 13.6. The monoisotopic (exact) mass is 545 g/mol. The maximum absolute atomic E-state index is 13.6. The van der Waals surface area contributed by atoms with Gasteiger partial charge in [0.2, 0.25) is 0 Å². The molecule has 1 aromatic carbocycles. The molecule has 2 aromatic heterocycles.